The summed E-state index contributed by atoms with van der Waals surface area (Å²) in [5, 5.41) is 9.52. The van der Waals surface area contributed by atoms with Gasteiger partial charge in [0.1, 0.15) is 5.82 Å². The third-order valence-electron chi connectivity index (χ3n) is 7.35. The van der Waals surface area contributed by atoms with Crippen LogP contribution in [0.5, 0.6) is 0 Å². The summed E-state index contributed by atoms with van der Waals surface area (Å²) in [6, 6.07) is 23.9. The minimum atomic E-state index is -0.0740. The van der Waals surface area contributed by atoms with Crippen LogP contribution in [0.25, 0.3) is 22.5 Å². The standard InChI is InChI=1S/C32H39N3/c1-9-32(7,8)30-34-33-29(26-17-13-16-25(20-26)24-14-11-10-12-15-24)35(30)21-28-22(2)18-27(19-23(28)3)31(4,5)6/h10-20H,9,21H2,1-8H3. The summed E-state index contributed by atoms with van der Waals surface area (Å²) in [5.41, 5.74) is 8.93. The number of aromatic nitrogens is 3. The lowest BCUT2D eigenvalue weighted by atomic mass is 9.83. The maximum absolute atomic E-state index is 4.76. The van der Waals surface area contributed by atoms with Crippen molar-refractivity contribution in [2.24, 2.45) is 0 Å². The number of benzene rings is 3. The van der Waals surface area contributed by atoms with Crippen LogP contribution >= 0.6 is 0 Å². The molecule has 3 aromatic carbocycles. The van der Waals surface area contributed by atoms with Crippen LogP contribution in [0.3, 0.4) is 0 Å². The van der Waals surface area contributed by atoms with E-state index in [9.17, 15) is 0 Å². The van der Waals surface area contributed by atoms with E-state index in [0.717, 1.165) is 30.2 Å². The average molecular weight is 466 g/mol. The van der Waals surface area contributed by atoms with E-state index in [4.69, 9.17) is 10.2 Å². The molecular weight excluding hydrogens is 426 g/mol. The second kappa shape index (κ2) is 9.45. The minimum absolute atomic E-state index is 0.0740. The Morgan fingerprint density at radius 1 is 0.714 bits per heavy atom. The van der Waals surface area contributed by atoms with Crippen LogP contribution in [0, 0.1) is 13.8 Å². The molecule has 0 aliphatic carbocycles. The Balaban J connectivity index is 1.85. The molecule has 182 valence electrons. The number of rotatable bonds is 6. The van der Waals surface area contributed by atoms with Gasteiger partial charge in [0.2, 0.25) is 0 Å². The molecule has 0 bridgehead atoms. The molecule has 0 unspecified atom stereocenters. The Kier molecular flexibility index (Phi) is 6.73. The van der Waals surface area contributed by atoms with Gasteiger partial charge in [-0.2, -0.15) is 0 Å². The predicted octanol–water partition coefficient (Wildman–Crippen LogP) is 8.26. The molecule has 4 rings (SSSR count). The smallest absolute Gasteiger partial charge is 0.164 e. The molecule has 0 aliphatic rings. The van der Waals surface area contributed by atoms with Gasteiger partial charge < -0.3 is 4.57 Å². The predicted molar refractivity (Wildman–Crippen MR) is 148 cm³/mol. The number of hydrogen-bond acceptors (Lipinski definition) is 2. The van der Waals surface area contributed by atoms with Crippen LogP contribution in [-0.2, 0) is 17.4 Å². The molecule has 4 aromatic rings. The first-order valence-electron chi connectivity index (χ1n) is 12.7. The van der Waals surface area contributed by atoms with Crippen molar-refractivity contribution in [1.82, 2.24) is 14.8 Å². The van der Waals surface area contributed by atoms with E-state index < -0.39 is 0 Å². The molecule has 0 saturated carbocycles. The Morgan fingerprint density at radius 2 is 1.31 bits per heavy atom. The van der Waals surface area contributed by atoms with E-state index >= 15 is 0 Å². The zero-order chi connectivity index (χ0) is 25.4. The van der Waals surface area contributed by atoms with Crippen molar-refractivity contribution in [3.05, 3.63) is 94.8 Å². The normalized spacial score (nSPS) is 12.2. The molecule has 1 aromatic heterocycles. The quantitative estimate of drug-likeness (QED) is 0.287. The van der Waals surface area contributed by atoms with E-state index in [1.807, 2.05) is 0 Å². The lowest BCUT2D eigenvalue weighted by Crippen LogP contribution is -2.23. The summed E-state index contributed by atoms with van der Waals surface area (Å²) in [6.45, 7) is 18.8. The third-order valence-corrected chi connectivity index (χ3v) is 7.35. The van der Waals surface area contributed by atoms with Crippen molar-refractivity contribution in [2.45, 2.75) is 79.2 Å². The van der Waals surface area contributed by atoms with Gasteiger partial charge >= 0.3 is 0 Å². The van der Waals surface area contributed by atoms with Gasteiger partial charge in [0, 0.05) is 11.0 Å². The second-order valence-electron chi connectivity index (χ2n) is 11.5. The first kappa shape index (κ1) is 24.9. The SMILES string of the molecule is CCC(C)(C)c1nnc(-c2cccc(-c3ccccc3)c2)n1Cc1c(C)cc(C(C)(C)C)cc1C. The van der Waals surface area contributed by atoms with Crippen molar-refractivity contribution < 1.29 is 0 Å². The molecule has 0 radical (unpaired) electrons. The summed E-state index contributed by atoms with van der Waals surface area (Å²) >= 11 is 0. The van der Waals surface area contributed by atoms with Crippen molar-refractivity contribution in [3.63, 3.8) is 0 Å². The molecule has 0 atom stereocenters. The second-order valence-corrected chi connectivity index (χ2v) is 11.5. The van der Waals surface area contributed by atoms with Crippen molar-refractivity contribution in [3.8, 4) is 22.5 Å². The van der Waals surface area contributed by atoms with Crippen LogP contribution in [0.4, 0.5) is 0 Å². The molecule has 0 amide bonds. The average Bonchev–Trinajstić information content (AvgIpc) is 3.26. The third kappa shape index (κ3) is 5.10. The highest BCUT2D eigenvalue weighted by Gasteiger charge is 2.28. The Morgan fingerprint density at radius 3 is 1.91 bits per heavy atom. The summed E-state index contributed by atoms with van der Waals surface area (Å²) < 4.78 is 2.35. The largest absolute Gasteiger partial charge is 0.306 e. The maximum Gasteiger partial charge on any atom is 0.164 e. The van der Waals surface area contributed by atoms with E-state index in [1.54, 1.807) is 0 Å². The molecule has 0 spiro atoms. The molecular formula is C32H39N3. The molecule has 1 heterocycles. The first-order chi connectivity index (χ1) is 16.5. The fourth-order valence-corrected chi connectivity index (χ4v) is 4.63. The highest BCUT2D eigenvalue weighted by atomic mass is 15.3. The number of nitrogens with zero attached hydrogens (tertiary/aromatic N) is 3. The molecule has 0 N–H and O–H groups in total. The molecule has 3 nitrogen and oxygen atoms in total. The molecule has 0 aliphatic heterocycles. The van der Waals surface area contributed by atoms with Crippen molar-refractivity contribution in [1.29, 1.82) is 0 Å². The zero-order valence-corrected chi connectivity index (χ0v) is 22.6. The van der Waals surface area contributed by atoms with E-state index in [-0.39, 0.29) is 10.8 Å². The zero-order valence-electron chi connectivity index (χ0n) is 22.6. The fourth-order valence-electron chi connectivity index (χ4n) is 4.63. The first-order valence-corrected chi connectivity index (χ1v) is 12.7. The monoisotopic (exact) mass is 465 g/mol. The number of hydrogen-bond donors (Lipinski definition) is 0. The van der Waals surface area contributed by atoms with Crippen LogP contribution in [-0.4, -0.2) is 14.8 Å². The van der Waals surface area contributed by atoms with Gasteiger partial charge in [-0.1, -0.05) is 102 Å². The Hall–Kier alpha value is -3.20. The van der Waals surface area contributed by atoms with Gasteiger partial charge in [-0.25, -0.2) is 0 Å². The summed E-state index contributed by atoms with van der Waals surface area (Å²) in [7, 11) is 0. The van der Waals surface area contributed by atoms with E-state index in [2.05, 4.69) is 127 Å². The highest BCUT2D eigenvalue weighted by Crippen LogP contribution is 2.33. The van der Waals surface area contributed by atoms with E-state index in [1.165, 1.54) is 33.4 Å². The lowest BCUT2D eigenvalue weighted by Gasteiger charge is -2.26. The van der Waals surface area contributed by atoms with Crippen molar-refractivity contribution >= 4 is 0 Å². The fraction of sp³-hybridized carbons (Fsp3) is 0.375. The van der Waals surface area contributed by atoms with Crippen LogP contribution in [0.1, 0.15) is 76.0 Å². The van der Waals surface area contributed by atoms with Crippen molar-refractivity contribution in [2.75, 3.05) is 0 Å². The molecule has 0 fully saturated rings. The van der Waals surface area contributed by atoms with Crippen LogP contribution in [0.2, 0.25) is 0 Å². The summed E-state index contributed by atoms with van der Waals surface area (Å²) in [6.07, 6.45) is 0.996. The van der Waals surface area contributed by atoms with Gasteiger partial charge in [0.25, 0.3) is 0 Å². The topological polar surface area (TPSA) is 30.7 Å². The van der Waals surface area contributed by atoms with Gasteiger partial charge in [0.15, 0.2) is 5.82 Å². The Labute approximate surface area is 211 Å². The lowest BCUT2D eigenvalue weighted by molar-refractivity contribution is 0.449. The summed E-state index contributed by atoms with van der Waals surface area (Å²) in [5.74, 6) is 1.97. The highest BCUT2D eigenvalue weighted by molar-refractivity contribution is 5.70. The van der Waals surface area contributed by atoms with Gasteiger partial charge in [-0.05, 0) is 65.1 Å². The maximum atomic E-state index is 4.76. The van der Waals surface area contributed by atoms with Gasteiger partial charge in [-0.3, -0.25) is 0 Å². The van der Waals surface area contributed by atoms with Gasteiger partial charge in [0.05, 0.1) is 6.54 Å². The number of aryl methyl sites for hydroxylation is 2. The Bertz CT molecular complexity index is 1300. The molecule has 0 saturated heterocycles. The summed E-state index contributed by atoms with van der Waals surface area (Å²) in [4.78, 5) is 0. The minimum Gasteiger partial charge on any atom is -0.306 e. The van der Waals surface area contributed by atoms with E-state index in [0.29, 0.717) is 0 Å². The van der Waals surface area contributed by atoms with Gasteiger partial charge in [-0.15, -0.1) is 10.2 Å². The molecule has 35 heavy (non-hydrogen) atoms. The molecule has 3 heteroatoms. The van der Waals surface area contributed by atoms with Crippen LogP contribution in [0.15, 0.2) is 66.7 Å². The van der Waals surface area contributed by atoms with Crippen LogP contribution < -0.4 is 0 Å².